The van der Waals surface area contributed by atoms with E-state index >= 15 is 0 Å². The average molecular weight is 171 g/mol. The Kier molecular flexibility index (Phi) is 2.70. The van der Waals surface area contributed by atoms with Crippen molar-refractivity contribution in [1.82, 2.24) is 0 Å². The van der Waals surface area contributed by atoms with E-state index in [2.05, 4.69) is 47.7 Å². The molecule has 0 amide bonds. The Balaban J connectivity index is 2.66. The molecule has 0 aromatic heterocycles. The summed E-state index contributed by atoms with van der Waals surface area (Å²) in [7, 11) is 0. The van der Waals surface area contributed by atoms with Crippen LogP contribution in [0.15, 0.2) is 23.3 Å². The fourth-order valence-electron chi connectivity index (χ4n) is 1.06. The summed E-state index contributed by atoms with van der Waals surface area (Å²) in [5.41, 5.74) is 2.92. The van der Waals surface area contributed by atoms with Gasteiger partial charge in [0.1, 0.15) is 0 Å². The Bertz CT molecular complexity index is 197. The number of hydrogen-bond donors (Lipinski definition) is 0. The summed E-state index contributed by atoms with van der Waals surface area (Å²) in [4.78, 5) is 0. The van der Waals surface area contributed by atoms with Crippen LogP contribution in [-0.4, -0.2) is 4.73 Å². The first-order chi connectivity index (χ1) is 4.74. The number of allylic oxidation sites excluding steroid dienone is 4. The summed E-state index contributed by atoms with van der Waals surface area (Å²) in [6.45, 7) is 4.49. The Labute approximate surface area is 71.5 Å². The molecule has 1 aliphatic carbocycles. The molecular weight excluding hydrogens is 159 g/mol. The SMILES string of the molecule is CC(C)C1=CC([CH]=[V])=CC1. The van der Waals surface area contributed by atoms with Gasteiger partial charge in [0, 0.05) is 0 Å². The van der Waals surface area contributed by atoms with Crippen molar-refractivity contribution in [2.75, 3.05) is 0 Å². The molecule has 0 aromatic carbocycles. The van der Waals surface area contributed by atoms with E-state index in [1.54, 1.807) is 5.57 Å². The molecule has 0 N–H and O–H groups in total. The maximum atomic E-state index is 2.50. The first-order valence-corrected chi connectivity index (χ1v) is 4.42. The van der Waals surface area contributed by atoms with E-state index in [9.17, 15) is 0 Å². The van der Waals surface area contributed by atoms with Crippen LogP contribution in [0, 0.1) is 5.92 Å². The van der Waals surface area contributed by atoms with Crippen molar-refractivity contribution >= 4 is 4.73 Å². The van der Waals surface area contributed by atoms with Gasteiger partial charge < -0.3 is 0 Å². The summed E-state index contributed by atoms with van der Waals surface area (Å²) >= 11 is 2.50. The van der Waals surface area contributed by atoms with Crippen molar-refractivity contribution in [2.24, 2.45) is 5.92 Å². The van der Waals surface area contributed by atoms with Gasteiger partial charge in [-0.15, -0.1) is 0 Å². The second kappa shape index (κ2) is 3.36. The van der Waals surface area contributed by atoms with Gasteiger partial charge in [0.25, 0.3) is 0 Å². The third kappa shape index (κ3) is 1.71. The second-order valence-electron chi connectivity index (χ2n) is 2.91. The van der Waals surface area contributed by atoms with Crippen LogP contribution < -0.4 is 0 Å². The molecule has 0 nitrogen and oxygen atoms in total. The van der Waals surface area contributed by atoms with E-state index in [1.807, 2.05) is 0 Å². The van der Waals surface area contributed by atoms with E-state index < -0.39 is 0 Å². The van der Waals surface area contributed by atoms with Gasteiger partial charge in [-0.25, -0.2) is 0 Å². The fraction of sp³-hybridized carbons (Fsp3) is 0.444. The summed E-state index contributed by atoms with van der Waals surface area (Å²) < 4.78 is 2.10. The molecule has 0 unspecified atom stereocenters. The number of rotatable bonds is 2. The van der Waals surface area contributed by atoms with Crippen LogP contribution in [0.5, 0.6) is 0 Å². The molecule has 0 saturated carbocycles. The monoisotopic (exact) mass is 171 g/mol. The number of hydrogen-bond acceptors (Lipinski definition) is 0. The zero-order valence-corrected chi connectivity index (χ0v) is 7.86. The van der Waals surface area contributed by atoms with Crippen LogP contribution in [0.4, 0.5) is 0 Å². The Hall–Kier alpha value is -0.0656. The van der Waals surface area contributed by atoms with Gasteiger partial charge >= 0.3 is 71.2 Å². The van der Waals surface area contributed by atoms with Crippen molar-refractivity contribution in [3.63, 3.8) is 0 Å². The van der Waals surface area contributed by atoms with Crippen LogP contribution >= 0.6 is 0 Å². The van der Waals surface area contributed by atoms with E-state index in [-0.39, 0.29) is 0 Å². The molecule has 53 valence electrons. The third-order valence-corrected chi connectivity index (χ3v) is 2.28. The summed E-state index contributed by atoms with van der Waals surface area (Å²) in [5.74, 6) is 0.709. The molecule has 0 spiro atoms. The van der Waals surface area contributed by atoms with Crippen LogP contribution in [0.2, 0.25) is 0 Å². The molecule has 0 radical (unpaired) electrons. The molecule has 0 saturated heterocycles. The molecule has 10 heavy (non-hydrogen) atoms. The van der Waals surface area contributed by atoms with Crippen LogP contribution in [-0.2, 0) is 17.0 Å². The normalized spacial score (nSPS) is 17.0. The van der Waals surface area contributed by atoms with Gasteiger partial charge in [-0.3, -0.25) is 0 Å². The van der Waals surface area contributed by atoms with Crippen molar-refractivity contribution < 1.29 is 17.0 Å². The summed E-state index contributed by atoms with van der Waals surface area (Å²) in [6.07, 6.45) is 5.71. The van der Waals surface area contributed by atoms with Crippen LogP contribution in [0.25, 0.3) is 0 Å². The van der Waals surface area contributed by atoms with Crippen molar-refractivity contribution in [1.29, 1.82) is 0 Å². The standard InChI is InChI=1S/C9H12.V/c1-7(2)9-5-4-8(3)6-9;/h3-4,6-7H,5H2,1-2H3;. The minimum absolute atomic E-state index is 0.709. The van der Waals surface area contributed by atoms with Gasteiger partial charge in [0.15, 0.2) is 0 Å². The van der Waals surface area contributed by atoms with Crippen molar-refractivity contribution in [3.05, 3.63) is 23.3 Å². The third-order valence-electron chi connectivity index (χ3n) is 1.82. The van der Waals surface area contributed by atoms with Gasteiger partial charge in [-0.05, 0) is 0 Å². The van der Waals surface area contributed by atoms with E-state index in [0.717, 1.165) is 6.42 Å². The maximum absolute atomic E-state index is 2.50. The molecule has 0 bridgehead atoms. The van der Waals surface area contributed by atoms with E-state index in [1.165, 1.54) is 5.57 Å². The second-order valence-corrected chi connectivity index (χ2v) is 3.31. The zero-order valence-electron chi connectivity index (χ0n) is 6.46. The Morgan fingerprint density at radius 3 is 2.60 bits per heavy atom. The van der Waals surface area contributed by atoms with Crippen LogP contribution in [0.3, 0.4) is 0 Å². The first-order valence-electron chi connectivity index (χ1n) is 3.62. The van der Waals surface area contributed by atoms with Gasteiger partial charge in [-0.1, -0.05) is 0 Å². The predicted molar refractivity (Wildman–Crippen MR) is 41.7 cm³/mol. The molecule has 0 fully saturated rings. The van der Waals surface area contributed by atoms with E-state index in [0.29, 0.717) is 5.92 Å². The predicted octanol–water partition coefficient (Wildman–Crippen LogP) is 2.25. The Morgan fingerprint density at radius 2 is 2.30 bits per heavy atom. The minimum atomic E-state index is 0.709. The van der Waals surface area contributed by atoms with Crippen molar-refractivity contribution in [2.45, 2.75) is 20.3 Å². The molecule has 0 aliphatic heterocycles. The van der Waals surface area contributed by atoms with Gasteiger partial charge in [0.05, 0.1) is 0 Å². The molecule has 1 aliphatic rings. The average Bonchev–Trinajstić information content (AvgIpc) is 2.34. The van der Waals surface area contributed by atoms with Crippen molar-refractivity contribution in [3.8, 4) is 0 Å². The molecule has 0 heterocycles. The molecule has 1 heteroatoms. The topological polar surface area (TPSA) is 0 Å². The molecule has 1 rings (SSSR count). The summed E-state index contributed by atoms with van der Waals surface area (Å²) in [6, 6.07) is 0. The Morgan fingerprint density at radius 1 is 1.60 bits per heavy atom. The quantitative estimate of drug-likeness (QED) is 0.597. The molecule has 0 aromatic rings. The fourth-order valence-corrected chi connectivity index (χ4v) is 1.34. The molecular formula is C9H12V. The van der Waals surface area contributed by atoms with Crippen LogP contribution in [0.1, 0.15) is 20.3 Å². The van der Waals surface area contributed by atoms with E-state index in [4.69, 9.17) is 0 Å². The zero-order chi connectivity index (χ0) is 7.56. The van der Waals surface area contributed by atoms with Gasteiger partial charge in [-0.2, -0.15) is 0 Å². The van der Waals surface area contributed by atoms with Gasteiger partial charge in [0.2, 0.25) is 0 Å². The first kappa shape index (κ1) is 8.04. The molecule has 0 atom stereocenters. The summed E-state index contributed by atoms with van der Waals surface area (Å²) in [5, 5.41) is 0.